The molecular formula is C31H44N2O5S. The summed E-state index contributed by atoms with van der Waals surface area (Å²) in [6.45, 7) is 4.45. The molecular weight excluding hydrogens is 512 g/mol. The molecule has 4 rings (SSSR count). The lowest BCUT2D eigenvalue weighted by Gasteiger charge is -2.45. The van der Waals surface area contributed by atoms with Gasteiger partial charge in [-0.05, 0) is 62.3 Å². The smallest absolute Gasteiger partial charge is 0.305 e. The summed E-state index contributed by atoms with van der Waals surface area (Å²) in [5.74, 6) is -0.383. The second kappa shape index (κ2) is 15.1. The van der Waals surface area contributed by atoms with Crippen LogP contribution in [0.5, 0.6) is 0 Å². The molecule has 1 unspecified atom stereocenters. The molecule has 2 aliphatic carbocycles. The van der Waals surface area contributed by atoms with Gasteiger partial charge >= 0.3 is 5.97 Å². The van der Waals surface area contributed by atoms with Crippen LogP contribution >= 0.6 is 11.3 Å². The van der Waals surface area contributed by atoms with Gasteiger partial charge < -0.3 is 19.7 Å². The van der Waals surface area contributed by atoms with E-state index in [1.165, 1.54) is 4.88 Å². The maximum Gasteiger partial charge on any atom is 0.305 e. The monoisotopic (exact) mass is 556 g/mol. The molecule has 2 N–H and O–H groups in total. The maximum atomic E-state index is 12.0. The molecule has 2 heterocycles. The average molecular weight is 557 g/mol. The molecule has 1 saturated heterocycles. The Morgan fingerprint density at radius 2 is 2.13 bits per heavy atom. The van der Waals surface area contributed by atoms with Gasteiger partial charge in [0, 0.05) is 42.3 Å². The molecule has 7 nitrogen and oxygen atoms in total. The molecule has 5 atom stereocenters. The van der Waals surface area contributed by atoms with Crippen LogP contribution in [0.3, 0.4) is 0 Å². The standard InChI is InChI=1S/C31H44N2O5S/c32-23-24-22-27(34)26(9-5-10-28(35)31(13-7-14-31)29-11-6-21-39-29)25(24)8-3-1-2-4-12-30(36)38-20-17-33-15-18-37-19-16-33/h1,3,5-6,9,11,21,24-28,34-35H,2,4,7-8,10,12-20,22H2/t24-,25-,26+,27+,28?/m0/s1. The molecule has 39 heavy (non-hydrogen) atoms. The number of morpholine rings is 1. The predicted octanol–water partition coefficient (Wildman–Crippen LogP) is 4.61. The van der Waals surface area contributed by atoms with Crippen LogP contribution in [0.25, 0.3) is 0 Å². The number of aliphatic hydroxyl groups is 2. The van der Waals surface area contributed by atoms with Gasteiger partial charge in [-0.1, -0.05) is 36.8 Å². The highest BCUT2D eigenvalue weighted by atomic mass is 32.1. The quantitative estimate of drug-likeness (QED) is 0.196. The third kappa shape index (κ3) is 8.02. The van der Waals surface area contributed by atoms with Crippen LogP contribution in [0, 0.1) is 29.1 Å². The molecule has 1 aromatic rings. The number of esters is 1. The Kier molecular flexibility index (Phi) is 11.6. The fourth-order valence-electron chi connectivity index (χ4n) is 6.26. The van der Waals surface area contributed by atoms with Crippen molar-refractivity contribution in [2.45, 2.75) is 75.4 Å². The predicted molar refractivity (Wildman–Crippen MR) is 152 cm³/mol. The van der Waals surface area contributed by atoms with Crippen molar-refractivity contribution in [3.63, 3.8) is 0 Å². The lowest BCUT2D eigenvalue weighted by Crippen LogP contribution is -2.44. The Hall–Kier alpha value is -2.02. The fourth-order valence-corrected chi connectivity index (χ4v) is 7.30. The van der Waals surface area contributed by atoms with E-state index in [2.05, 4.69) is 40.6 Å². The van der Waals surface area contributed by atoms with Crippen molar-refractivity contribution in [1.82, 2.24) is 4.90 Å². The number of carbonyl (C=O) groups is 1. The lowest BCUT2D eigenvalue weighted by molar-refractivity contribution is -0.144. The highest BCUT2D eigenvalue weighted by Crippen LogP contribution is 2.49. The number of nitriles is 1. The number of thiophene rings is 1. The summed E-state index contributed by atoms with van der Waals surface area (Å²) < 4.78 is 10.7. The molecule has 2 saturated carbocycles. The number of aliphatic hydroxyl groups excluding tert-OH is 2. The molecule has 1 aliphatic heterocycles. The maximum absolute atomic E-state index is 12.0. The van der Waals surface area contributed by atoms with Crippen molar-refractivity contribution < 1.29 is 24.5 Å². The first-order valence-electron chi connectivity index (χ1n) is 14.6. The Balaban J connectivity index is 1.18. The molecule has 0 spiro atoms. The van der Waals surface area contributed by atoms with Crippen LogP contribution in [0.2, 0.25) is 0 Å². The van der Waals surface area contributed by atoms with Crippen LogP contribution < -0.4 is 0 Å². The minimum atomic E-state index is -0.538. The number of rotatable bonds is 14. The van der Waals surface area contributed by atoms with E-state index in [1.54, 1.807) is 11.3 Å². The van der Waals surface area contributed by atoms with Crippen molar-refractivity contribution in [2.24, 2.45) is 17.8 Å². The van der Waals surface area contributed by atoms with E-state index in [1.807, 2.05) is 12.2 Å². The zero-order chi connectivity index (χ0) is 27.5. The van der Waals surface area contributed by atoms with E-state index >= 15 is 0 Å². The third-order valence-corrected chi connectivity index (χ3v) is 9.92. The van der Waals surface area contributed by atoms with Gasteiger partial charge in [-0.2, -0.15) is 5.26 Å². The summed E-state index contributed by atoms with van der Waals surface area (Å²) in [6, 6.07) is 6.58. The van der Waals surface area contributed by atoms with Crippen LogP contribution in [-0.2, 0) is 19.7 Å². The van der Waals surface area contributed by atoms with Crippen molar-refractivity contribution in [1.29, 1.82) is 5.26 Å². The molecule has 1 aromatic heterocycles. The number of allylic oxidation sites excluding steroid dienone is 2. The summed E-state index contributed by atoms with van der Waals surface area (Å²) in [7, 11) is 0. The summed E-state index contributed by atoms with van der Waals surface area (Å²) in [5.41, 5.74) is -0.126. The Labute approximate surface area is 237 Å². The summed E-state index contributed by atoms with van der Waals surface area (Å²) in [6.07, 6.45) is 14.1. The summed E-state index contributed by atoms with van der Waals surface area (Å²) >= 11 is 1.72. The van der Waals surface area contributed by atoms with Gasteiger partial charge in [-0.15, -0.1) is 11.3 Å². The topological polar surface area (TPSA) is 103 Å². The van der Waals surface area contributed by atoms with Gasteiger partial charge in [0.05, 0.1) is 37.4 Å². The van der Waals surface area contributed by atoms with Crippen molar-refractivity contribution >= 4 is 17.3 Å². The largest absolute Gasteiger partial charge is 0.464 e. The highest BCUT2D eigenvalue weighted by Gasteiger charge is 2.45. The SMILES string of the molecule is N#C[C@@H]1C[C@@H](O)[C@H](C=CCC(O)C2(c3cccs3)CCC2)[C@H]1CC=CCCCC(=O)OCCN1CCOCC1. The van der Waals surface area contributed by atoms with E-state index < -0.39 is 12.2 Å². The molecule has 3 aliphatic rings. The minimum absolute atomic E-state index is 0.0507. The summed E-state index contributed by atoms with van der Waals surface area (Å²) in [4.78, 5) is 15.5. The Bertz CT molecular complexity index is 978. The first-order valence-corrected chi connectivity index (χ1v) is 15.5. The van der Waals surface area contributed by atoms with E-state index in [9.17, 15) is 20.3 Å². The number of hydrogen-bond acceptors (Lipinski definition) is 8. The first-order chi connectivity index (χ1) is 19.0. The number of hydrogen-bond donors (Lipinski definition) is 2. The van der Waals surface area contributed by atoms with Gasteiger partial charge in [-0.3, -0.25) is 9.69 Å². The zero-order valence-electron chi connectivity index (χ0n) is 23.0. The average Bonchev–Trinajstić information content (AvgIpc) is 3.55. The van der Waals surface area contributed by atoms with E-state index in [0.29, 0.717) is 25.9 Å². The van der Waals surface area contributed by atoms with Crippen molar-refractivity contribution in [3.05, 3.63) is 46.7 Å². The van der Waals surface area contributed by atoms with Crippen molar-refractivity contribution in [3.8, 4) is 6.07 Å². The van der Waals surface area contributed by atoms with Crippen LogP contribution in [0.15, 0.2) is 41.8 Å². The van der Waals surface area contributed by atoms with Gasteiger partial charge in [0.2, 0.25) is 0 Å². The number of carbonyl (C=O) groups excluding carboxylic acids is 1. The second-order valence-electron chi connectivity index (χ2n) is 11.2. The van der Waals surface area contributed by atoms with Crippen LogP contribution in [-0.4, -0.2) is 72.7 Å². The number of nitrogens with zero attached hydrogens (tertiary/aromatic N) is 2. The normalized spacial score (nSPS) is 27.9. The van der Waals surface area contributed by atoms with Gasteiger partial charge in [-0.25, -0.2) is 0 Å². The number of ether oxygens (including phenoxy) is 2. The Morgan fingerprint density at radius 1 is 1.31 bits per heavy atom. The highest BCUT2D eigenvalue weighted by molar-refractivity contribution is 7.10. The molecule has 0 radical (unpaired) electrons. The van der Waals surface area contributed by atoms with Gasteiger partial charge in [0.25, 0.3) is 0 Å². The van der Waals surface area contributed by atoms with E-state index in [-0.39, 0.29) is 29.1 Å². The lowest BCUT2D eigenvalue weighted by atomic mass is 9.63. The van der Waals surface area contributed by atoms with Gasteiger partial charge in [0.15, 0.2) is 0 Å². The zero-order valence-corrected chi connectivity index (χ0v) is 23.8. The molecule has 214 valence electrons. The molecule has 3 fully saturated rings. The fraction of sp³-hybridized carbons (Fsp3) is 0.677. The van der Waals surface area contributed by atoms with E-state index in [4.69, 9.17) is 9.47 Å². The van der Waals surface area contributed by atoms with E-state index in [0.717, 1.165) is 71.4 Å². The third-order valence-electron chi connectivity index (χ3n) is 8.83. The minimum Gasteiger partial charge on any atom is -0.464 e. The Morgan fingerprint density at radius 3 is 2.82 bits per heavy atom. The van der Waals surface area contributed by atoms with Crippen LogP contribution in [0.1, 0.15) is 62.7 Å². The second-order valence-corrected chi connectivity index (χ2v) is 12.2. The van der Waals surface area contributed by atoms with Gasteiger partial charge in [0.1, 0.15) is 6.61 Å². The van der Waals surface area contributed by atoms with Crippen molar-refractivity contribution in [2.75, 3.05) is 39.5 Å². The number of unbranched alkanes of at least 4 members (excludes halogenated alkanes) is 1. The molecule has 0 amide bonds. The molecule has 0 aromatic carbocycles. The first kappa shape index (κ1) is 30.0. The molecule has 0 bridgehead atoms. The summed E-state index contributed by atoms with van der Waals surface area (Å²) in [5, 5.41) is 33.5. The van der Waals surface area contributed by atoms with Crippen LogP contribution in [0.4, 0.5) is 0 Å². The molecule has 8 heteroatoms.